The third-order valence-corrected chi connectivity index (χ3v) is 6.34. The maximum atomic E-state index is 14.4. The van der Waals surface area contributed by atoms with Crippen molar-refractivity contribution >= 4 is 12.0 Å². The highest BCUT2D eigenvalue weighted by Gasteiger charge is 2.38. The lowest BCUT2D eigenvalue weighted by Crippen LogP contribution is -2.41. The summed E-state index contributed by atoms with van der Waals surface area (Å²) in [6, 6.07) is 3.00. The molecule has 0 bridgehead atoms. The molecule has 2 aliphatic heterocycles. The Labute approximate surface area is 200 Å². The van der Waals surface area contributed by atoms with Gasteiger partial charge in [-0.15, -0.1) is 0 Å². The molecule has 2 aliphatic rings. The Bertz CT molecular complexity index is 1110. The summed E-state index contributed by atoms with van der Waals surface area (Å²) in [4.78, 5) is 28.6. The first kappa shape index (κ1) is 25.0. The summed E-state index contributed by atoms with van der Waals surface area (Å²) in [6.45, 7) is 6.35. The summed E-state index contributed by atoms with van der Waals surface area (Å²) >= 11 is 0. The van der Waals surface area contributed by atoms with Crippen molar-refractivity contribution in [1.29, 1.82) is 0 Å². The van der Waals surface area contributed by atoms with Crippen LogP contribution in [0.4, 0.5) is 22.4 Å². The van der Waals surface area contributed by atoms with E-state index in [0.717, 1.165) is 23.8 Å². The van der Waals surface area contributed by atoms with Gasteiger partial charge in [-0.05, 0) is 58.1 Å². The number of nitrogens with one attached hydrogen (secondary N) is 1. The zero-order valence-electron chi connectivity index (χ0n) is 19.8. The number of hydrogen-bond donors (Lipinski definition) is 1. The van der Waals surface area contributed by atoms with E-state index in [1.165, 1.54) is 4.90 Å². The van der Waals surface area contributed by atoms with Crippen molar-refractivity contribution in [2.75, 3.05) is 19.6 Å². The molecule has 190 valence electrons. The monoisotopic (exact) mass is 496 g/mol. The molecule has 0 unspecified atom stereocenters. The molecule has 2 amide bonds. The van der Waals surface area contributed by atoms with Crippen LogP contribution >= 0.6 is 0 Å². The van der Waals surface area contributed by atoms with Gasteiger partial charge >= 0.3 is 12.3 Å². The molecule has 11 heteroatoms. The Hall–Kier alpha value is -3.11. The molecule has 2 aromatic rings. The predicted octanol–water partition coefficient (Wildman–Crippen LogP) is 4.88. The fourth-order valence-corrected chi connectivity index (χ4v) is 4.70. The average Bonchev–Trinajstić information content (AvgIpc) is 3.20. The molecular formula is C24H28F4N4O3. The van der Waals surface area contributed by atoms with Gasteiger partial charge in [0.2, 0.25) is 0 Å². The number of rotatable bonds is 2. The van der Waals surface area contributed by atoms with Crippen LogP contribution in [0.25, 0.3) is 0 Å². The van der Waals surface area contributed by atoms with Gasteiger partial charge in [-0.1, -0.05) is 6.07 Å². The molecule has 0 saturated carbocycles. The van der Waals surface area contributed by atoms with Crippen LogP contribution < -0.4 is 0 Å². The van der Waals surface area contributed by atoms with Crippen LogP contribution in [0.3, 0.4) is 0 Å². The maximum Gasteiger partial charge on any atom is 0.416 e. The number of ether oxygens (including phenoxy) is 1. The molecule has 0 aliphatic carbocycles. The van der Waals surface area contributed by atoms with Gasteiger partial charge in [0, 0.05) is 30.8 Å². The first-order chi connectivity index (χ1) is 16.3. The fraction of sp³-hybridized carbons (Fsp3) is 0.542. The third kappa shape index (κ3) is 5.28. The zero-order chi connectivity index (χ0) is 25.5. The number of carbonyl (C=O) groups is 2. The molecule has 0 spiro atoms. The van der Waals surface area contributed by atoms with Crippen molar-refractivity contribution in [1.82, 2.24) is 20.0 Å². The SMILES string of the molecule is CC(C)(C)OC(=O)N1CCc2c(C(=O)N3CCC(c4c(F)cccc4C(F)(F)F)CC3)n[nH]c2C1. The molecule has 1 aromatic heterocycles. The lowest BCUT2D eigenvalue weighted by atomic mass is 9.85. The molecule has 1 N–H and O–H groups in total. The average molecular weight is 497 g/mol. The molecule has 35 heavy (non-hydrogen) atoms. The van der Waals surface area contributed by atoms with E-state index < -0.39 is 35.2 Å². The van der Waals surface area contributed by atoms with Gasteiger partial charge in [-0.2, -0.15) is 18.3 Å². The van der Waals surface area contributed by atoms with Crippen molar-refractivity contribution in [2.45, 2.75) is 64.3 Å². The quantitative estimate of drug-likeness (QED) is 0.601. The van der Waals surface area contributed by atoms with Gasteiger partial charge in [-0.3, -0.25) is 9.89 Å². The largest absolute Gasteiger partial charge is 0.444 e. The highest BCUT2D eigenvalue weighted by molar-refractivity contribution is 5.94. The number of piperidine rings is 1. The number of likely N-dealkylation sites (tertiary alicyclic amines) is 1. The predicted molar refractivity (Wildman–Crippen MR) is 118 cm³/mol. The van der Waals surface area contributed by atoms with Crippen LogP contribution in [-0.4, -0.2) is 57.2 Å². The van der Waals surface area contributed by atoms with E-state index in [9.17, 15) is 27.2 Å². The minimum Gasteiger partial charge on any atom is -0.444 e. The van der Waals surface area contributed by atoms with Gasteiger partial charge in [0.15, 0.2) is 5.69 Å². The molecule has 0 radical (unpaired) electrons. The lowest BCUT2D eigenvalue weighted by Gasteiger charge is -2.33. The fourth-order valence-electron chi connectivity index (χ4n) is 4.70. The van der Waals surface area contributed by atoms with Crippen molar-refractivity contribution in [3.05, 3.63) is 52.1 Å². The Morgan fingerprint density at radius 2 is 1.77 bits per heavy atom. The summed E-state index contributed by atoms with van der Waals surface area (Å²) < 4.78 is 60.0. The number of carbonyl (C=O) groups excluding carboxylic acids is 2. The maximum absolute atomic E-state index is 14.4. The second-order valence-corrected chi connectivity index (χ2v) is 9.95. The summed E-state index contributed by atoms with van der Waals surface area (Å²) in [7, 11) is 0. The van der Waals surface area contributed by atoms with Gasteiger partial charge in [-0.25, -0.2) is 9.18 Å². The highest BCUT2D eigenvalue weighted by atomic mass is 19.4. The Morgan fingerprint density at radius 3 is 2.40 bits per heavy atom. The van der Waals surface area contributed by atoms with E-state index in [0.29, 0.717) is 18.7 Å². The molecule has 4 rings (SSSR count). The first-order valence-corrected chi connectivity index (χ1v) is 11.5. The van der Waals surface area contributed by atoms with Gasteiger partial charge < -0.3 is 14.5 Å². The van der Waals surface area contributed by atoms with E-state index in [-0.39, 0.29) is 49.6 Å². The van der Waals surface area contributed by atoms with E-state index in [2.05, 4.69) is 10.2 Å². The van der Waals surface area contributed by atoms with Crippen molar-refractivity contribution in [2.24, 2.45) is 0 Å². The number of alkyl halides is 3. The van der Waals surface area contributed by atoms with E-state index >= 15 is 0 Å². The minimum absolute atomic E-state index is 0.195. The normalized spacial score (nSPS) is 17.3. The number of fused-ring (bicyclic) bond motifs is 1. The van der Waals surface area contributed by atoms with E-state index in [1.54, 1.807) is 25.7 Å². The van der Waals surface area contributed by atoms with E-state index in [4.69, 9.17) is 4.74 Å². The number of nitrogens with zero attached hydrogens (tertiary/aromatic N) is 3. The Balaban J connectivity index is 1.43. The molecule has 3 heterocycles. The smallest absolute Gasteiger partial charge is 0.416 e. The number of H-pyrrole nitrogens is 1. The summed E-state index contributed by atoms with van der Waals surface area (Å²) in [5.74, 6) is -1.83. The highest BCUT2D eigenvalue weighted by Crippen LogP contribution is 2.40. The van der Waals surface area contributed by atoms with E-state index in [1.807, 2.05) is 0 Å². The summed E-state index contributed by atoms with van der Waals surface area (Å²) in [5.41, 5.74) is -0.275. The number of aromatic amines is 1. The molecule has 1 saturated heterocycles. The van der Waals surface area contributed by atoms with Crippen LogP contribution in [0.1, 0.15) is 72.4 Å². The second-order valence-electron chi connectivity index (χ2n) is 9.95. The second kappa shape index (κ2) is 9.16. The molecule has 7 nitrogen and oxygen atoms in total. The summed E-state index contributed by atoms with van der Waals surface area (Å²) in [5, 5.41) is 7.01. The first-order valence-electron chi connectivity index (χ1n) is 11.5. The van der Waals surface area contributed by atoms with Crippen LogP contribution in [0.15, 0.2) is 18.2 Å². The van der Waals surface area contributed by atoms with Gasteiger partial charge in [0.25, 0.3) is 5.91 Å². The zero-order valence-corrected chi connectivity index (χ0v) is 19.8. The van der Waals surface area contributed by atoms with Crippen LogP contribution in [0, 0.1) is 5.82 Å². The van der Waals surface area contributed by atoms with Crippen molar-refractivity contribution in [3.63, 3.8) is 0 Å². The molecule has 1 fully saturated rings. The Morgan fingerprint density at radius 1 is 1.09 bits per heavy atom. The Kier molecular flexibility index (Phi) is 6.54. The number of aromatic nitrogens is 2. The third-order valence-electron chi connectivity index (χ3n) is 6.34. The molecular weight excluding hydrogens is 468 g/mol. The summed E-state index contributed by atoms with van der Waals surface area (Å²) in [6.07, 6.45) is -4.23. The topological polar surface area (TPSA) is 78.5 Å². The number of amides is 2. The van der Waals surface area contributed by atoms with Gasteiger partial charge in [0.1, 0.15) is 11.4 Å². The van der Waals surface area contributed by atoms with Crippen LogP contribution in [0.2, 0.25) is 0 Å². The minimum atomic E-state index is -4.65. The van der Waals surface area contributed by atoms with Gasteiger partial charge in [0.05, 0.1) is 17.8 Å². The van der Waals surface area contributed by atoms with Crippen LogP contribution in [-0.2, 0) is 23.9 Å². The lowest BCUT2D eigenvalue weighted by molar-refractivity contribution is -0.138. The van der Waals surface area contributed by atoms with Crippen molar-refractivity contribution < 1.29 is 31.9 Å². The molecule has 1 aromatic carbocycles. The number of halogens is 4. The van der Waals surface area contributed by atoms with Crippen LogP contribution in [0.5, 0.6) is 0 Å². The standard InChI is InChI=1S/C24H28F4N4O3/c1-23(2,3)35-22(34)32-12-9-15-18(13-32)29-30-20(15)21(33)31-10-7-14(8-11-31)19-16(24(26,27)28)5-4-6-17(19)25/h4-6,14H,7-13H2,1-3H3,(H,29,30). The number of benzene rings is 1. The molecule has 0 atom stereocenters. The number of hydrogen-bond acceptors (Lipinski definition) is 4. The van der Waals surface area contributed by atoms with Crippen molar-refractivity contribution in [3.8, 4) is 0 Å².